The van der Waals surface area contributed by atoms with Crippen LogP contribution in [0.25, 0.3) is 0 Å². The second kappa shape index (κ2) is 11.1. The second-order valence-corrected chi connectivity index (χ2v) is 14.7. The van der Waals surface area contributed by atoms with Gasteiger partial charge in [0.05, 0.1) is 12.2 Å². The Labute approximate surface area is 180 Å². The third-order valence-electron chi connectivity index (χ3n) is 5.98. The molecule has 1 aromatic carbocycles. The van der Waals surface area contributed by atoms with E-state index >= 15 is 0 Å². The zero-order valence-electron chi connectivity index (χ0n) is 20.3. The summed E-state index contributed by atoms with van der Waals surface area (Å²) in [6.45, 7) is 22.7. The summed E-state index contributed by atoms with van der Waals surface area (Å²) in [5.41, 5.74) is 6.44. The lowest BCUT2D eigenvalue weighted by Gasteiger charge is -2.42. The highest BCUT2D eigenvalue weighted by atomic mass is 28.4. The van der Waals surface area contributed by atoms with E-state index in [2.05, 4.69) is 54.5 Å². The molecule has 0 unspecified atom stereocenters. The number of carbonyl (C=O) groups is 1. The van der Waals surface area contributed by atoms with Gasteiger partial charge in [-0.1, -0.05) is 72.2 Å². The maximum absolute atomic E-state index is 12.8. The zero-order valence-corrected chi connectivity index (χ0v) is 21.3. The van der Waals surface area contributed by atoms with Gasteiger partial charge in [-0.2, -0.15) is 0 Å². The SMILES string of the molecule is CC/C=C(\COC(=O)c1c(C)cc(C)cc1C)CO[Si](C(C)C)(C(C)C)C(C)C. The fourth-order valence-electron chi connectivity index (χ4n) is 4.90. The second-order valence-electron chi connectivity index (χ2n) is 9.23. The Balaban J connectivity index is 2.93. The number of aryl methyl sites for hydroxylation is 3. The molecule has 0 bridgehead atoms. The fraction of sp³-hybridized carbons (Fsp3) is 0.640. The molecule has 3 nitrogen and oxygen atoms in total. The topological polar surface area (TPSA) is 35.5 Å². The first kappa shape index (κ1) is 25.6. The highest BCUT2D eigenvalue weighted by Crippen LogP contribution is 2.42. The molecule has 0 amide bonds. The molecule has 1 rings (SSSR count). The first-order chi connectivity index (χ1) is 13.5. The van der Waals surface area contributed by atoms with E-state index in [4.69, 9.17) is 9.16 Å². The lowest BCUT2D eigenvalue weighted by atomic mass is 10.00. The number of rotatable bonds is 10. The van der Waals surface area contributed by atoms with Crippen LogP contribution >= 0.6 is 0 Å². The zero-order chi connectivity index (χ0) is 22.4. The number of hydrogen-bond donors (Lipinski definition) is 0. The first-order valence-corrected chi connectivity index (χ1v) is 13.2. The van der Waals surface area contributed by atoms with Crippen molar-refractivity contribution >= 4 is 14.3 Å². The maximum Gasteiger partial charge on any atom is 0.338 e. The van der Waals surface area contributed by atoms with Gasteiger partial charge in [0.2, 0.25) is 8.32 Å². The monoisotopic (exact) mass is 418 g/mol. The molecule has 0 saturated heterocycles. The average molecular weight is 419 g/mol. The van der Waals surface area contributed by atoms with Gasteiger partial charge in [-0.05, 0) is 60.5 Å². The van der Waals surface area contributed by atoms with Gasteiger partial charge >= 0.3 is 5.97 Å². The summed E-state index contributed by atoms with van der Waals surface area (Å²) in [7, 11) is -1.95. The van der Waals surface area contributed by atoms with Gasteiger partial charge in [-0.15, -0.1) is 0 Å². The van der Waals surface area contributed by atoms with Gasteiger partial charge in [0.1, 0.15) is 6.61 Å². The van der Waals surface area contributed by atoms with Crippen LogP contribution in [0.5, 0.6) is 0 Å². The van der Waals surface area contributed by atoms with Crippen LogP contribution in [0.15, 0.2) is 23.8 Å². The van der Waals surface area contributed by atoms with Crippen molar-refractivity contribution in [3.63, 3.8) is 0 Å². The van der Waals surface area contributed by atoms with Crippen LogP contribution in [0.3, 0.4) is 0 Å². The summed E-state index contributed by atoms with van der Waals surface area (Å²) in [5, 5.41) is 0. The number of allylic oxidation sites excluding steroid dienone is 1. The predicted molar refractivity (Wildman–Crippen MR) is 126 cm³/mol. The molecule has 4 heteroatoms. The normalized spacial score (nSPS) is 12.9. The van der Waals surface area contributed by atoms with Crippen molar-refractivity contribution in [1.82, 2.24) is 0 Å². The molecule has 0 saturated carbocycles. The summed E-state index contributed by atoms with van der Waals surface area (Å²) >= 11 is 0. The van der Waals surface area contributed by atoms with Crippen LogP contribution in [0, 0.1) is 20.8 Å². The largest absolute Gasteiger partial charge is 0.457 e. The highest BCUT2D eigenvalue weighted by Gasteiger charge is 2.45. The Bertz CT molecular complexity index is 672. The fourth-order valence-corrected chi connectivity index (χ4v) is 10.3. The standard InChI is InChI=1S/C25H42O3Si/c1-11-12-23(16-28-29(17(2)3,18(4)5)19(6)7)15-27-25(26)24-21(9)13-20(8)14-22(24)10/h12-14,17-19H,11,15-16H2,1-10H3/b23-12+. The summed E-state index contributed by atoms with van der Waals surface area (Å²) in [4.78, 5) is 12.8. The number of benzene rings is 1. The van der Waals surface area contributed by atoms with Gasteiger partial charge < -0.3 is 9.16 Å². The van der Waals surface area contributed by atoms with Crippen LogP contribution in [0.2, 0.25) is 16.6 Å². The molecule has 0 aliphatic heterocycles. The number of ether oxygens (including phenoxy) is 1. The minimum atomic E-state index is -1.95. The van der Waals surface area contributed by atoms with E-state index in [1.807, 2.05) is 32.9 Å². The van der Waals surface area contributed by atoms with Gasteiger partial charge in [0.25, 0.3) is 0 Å². The molecule has 0 radical (unpaired) electrons. The molecule has 0 fully saturated rings. The van der Waals surface area contributed by atoms with Crippen LogP contribution in [-0.2, 0) is 9.16 Å². The Morgan fingerprint density at radius 3 is 1.83 bits per heavy atom. The van der Waals surface area contributed by atoms with Crippen molar-refractivity contribution < 1.29 is 14.0 Å². The number of carbonyl (C=O) groups excluding carboxylic acids is 1. The summed E-state index contributed by atoms with van der Waals surface area (Å²) in [5.74, 6) is -0.248. The van der Waals surface area contributed by atoms with Crippen LogP contribution in [0.4, 0.5) is 0 Å². The Morgan fingerprint density at radius 2 is 1.41 bits per heavy atom. The van der Waals surface area contributed by atoms with E-state index in [1.165, 1.54) is 0 Å². The Morgan fingerprint density at radius 1 is 0.931 bits per heavy atom. The van der Waals surface area contributed by atoms with E-state index in [0.717, 1.165) is 28.7 Å². The van der Waals surface area contributed by atoms with E-state index in [9.17, 15) is 4.79 Å². The van der Waals surface area contributed by atoms with Crippen molar-refractivity contribution in [3.05, 3.63) is 46.0 Å². The molecule has 164 valence electrons. The van der Waals surface area contributed by atoms with Crippen molar-refractivity contribution in [3.8, 4) is 0 Å². The van der Waals surface area contributed by atoms with Crippen LogP contribution in [0.1, 0.15) is 81.9 Å². The van der Waals surface area contributed by atoms with E-state index in [1.54, 1.807) is 0 Å². The molecule has 1 aromatic rings. The third-order valence-corrected chi connectivity index (χ3v) is 12.0. The third kappa shape index (κ3) is 6.29. The molecule has 0 aliphatic carbocycles. The minimum Gasteiger partial charge on any atom is -0.457 e. The van der Waals surface area contributed by atoms with Crippen molar-refractivity contribution in [2.75, 3.05) is 13.2 Å². The maximum atomic E-state index is 12.8. The minimum absolute atomic E-state index is 0.248. The Kier molecular flexibility index (Phi) is 9.83. The first-order valence-electron chi connectivity index (χ1n) is 11.0. The summed E-state index contributed by atoms with van der Waals surface area (Å²) in [6, 6.07) is 4.06. The lowest BCUT2D eigenvalue weighted by molar-refractivity contribution is 0.0530. The van der Waals surface area contributed by atoms with Gasteiger partial charge in [0, 0.05) is 0 Å². The van der Waals surface area contributed by atoms with Crippen molar-refractivity contribution in [2.45, 2.75) is 92.3 Å². The van der Waals surface area contributed by atoms with Gasteiger partial charge in [-0.25, -0.2) is 4.79 Å². The van der Waals surface area contributed by atoms with E-state index in [-0.39, 0.29) is 12.6 Å². The van der Waals surface area contributed by atoms with Crippen molar-refractivity contribution in [2.24, 2.45) is 0 Å². The number of esters is 1. The molecular weight excluding hydrogens is 376 g/mol. The van der Waals surface area contributed by atoms with Gasteiger partial charge in [-0.3, -0.25) is 0 Å². The van der Waals surface area contributed by atoms with Gasteiger partial charge in [0.15, 0.2) is 0 Å². The molecule has 29 heavy (non-hydrogen) atoms. The molecule has 0 heterocycles. The molecule has 0 atom stereocenters. The quantitative estimate of drug-likeness (QED) is 0.227. The Hall–Kier alpha value is -1.39. The average Bonchev–Trinajstić information content (AvgIpc) is 2.58. The smallest absolute Gasteiger partial charge is 0.338 e. The lowest BCUT2D eigenvalue weighted by Crippen LogP contribution is -2.48. The predicted octanol–water partition coefficient (Wildman–Crippen LogP) is 7.30. The molecule has 0 aromatic heterocycles. The van der Waals surface area contributed by atoms with E-state index in [0.29, 0.717) is 28.8 Å². The molecule has 0 aliphatic rings. The molecule has 0 N–H and O–H groups in total. The highest BCUT2D eigenvalue weighted by molar-refractivity contribution is 6.77. The van der Waals surface area contributed by atoms with Crippen LogP contribution in [-0.4, -0.2) is 27.5 Å². The number of hydrogen-bond acceptors (Lipinski definition) is 3. The molecular formula is C25H42O3Si. The van der Waals surface area contributed by atoms with E-state index < -0.39 is 8.32 Å². The molecule has 0 spiro atoms. The van der Waals surface area contributed by atoms with Crippen LogP contribution < -0.4 is 0 Å². The summed E-state index contributed by atoms with van der Waals surface area (Å²) < 4.78 is 12.4. The van der Waals surface area contributed by atoms with Crippen molar-refractivity contribution in [1.29, 1.82) is 0 Å². The summed E-state index contributed by atoms with van der Waals surface area (Å²) in [6.07, 6.45) is 3.04.